The number of allylic oxidation sites excluding steroid dienone is 2. The van der Waals surface area contributed by atoms with Crippen molar-refractivity contribution >= 4 is 0 Å². The predicted molar refractivity (Wildman–Crippen MR) is 61.2 cm³/mol. The van der Waals surface area contributed by atoms with Gasteiger partial charge in [0.25, 0.3) is 0 Å². The molecule has 0 aromatic rings. The van der Waals surface area contributed by atoms with Gasteiger partial charge in [0.05, 0.1) is 0 Å². The average Bonchev–Trinajstić information content (AvgIpc) is 2.62. The molecular formula is C13H23N. The van der Waals surface area contributed by atoms with Crippen molar-refractivity contribution in [3.63, 3.8) is 0 Å². The number of rotatable bonds is 1. The normalized spacial score (nSPS) is 25.1. The standard InChI is InChI=1S/C13H23N/c1-2-6-10-13(9-5-1)14-11-7-3-4-8-12-14/h9H,1-8,10-12H2. The van der Waals surface area contributed by atoms with Crippen LogP contribution in [0.3, 0.4) is 0 Å². The van der Waals surface area contributed by atoms with Crippen LogP contribution in [0.25, 0.3) is 0 Å². The van der Waals surface area contributed by atoms with Gasteiger partial charge in [0, 0.05) is 18.8 Å². The maximum absolute atomic E-state index is 2.66. The molecule has 1 nitrogen and oxygen atoms in total. The van der Waals surface area contributed by atoms with Crippen LogP contribution in [0.5, 0.6) is 0 Å². The number of hydrogen-bond donors (Lipinski definition) is 0. The van der Waals surface area contributed by atoms with Crippen LogP contribution in [0, 0.1) is 0 Å². The third-order valence-electron chi connectivity index (χ3n) is 3.53. The van der Waals surface area contributed by atoms with Gasteiger partial charge in [0.15, 0.2) is 0 Å². The molecule has 0 radical (unpaired) electrons. The van der Waals surface area contributed by atoms with Crippen LogP contribution < -0.4 is 0 Å². The summed E-state index contributed by atoms with van der Waals surface area (Å²) in [5.41, 5.74) is 1.67. The van der Waals surface area contributed by atoms with E-state index in [1.54, 1.807) is 5.70 Å². The van der Waals surface area contributed by atoms with E-state index in [-0.39, 0.29) is 0 Å². The molecule has 0 N–H and O–H groups in total. The second-order valence-corrected chi connectivity index (χ2v) is 4.70. The van der Waals surface area contributed by atoms with Crippen LogP contribution >= 0.6 is 0 Å². The minimum atomic E-state index is 1.33. The van der Waals surface area contributed by atoms with Crippen LogP contribution in [0.1, 0.15) is 57.8 Å². The quantitative estimate of drug-likeness (QED) is 0.613. The Morgan fingerprint density at radius 1 is 0.786 bits per heavy atom. The fraction of sp³-hybridized carbons (Fsp3) is 0.846. The lowest BCUT2D eigenvalue weighted by Gasteiger charge is -2.25. The fourth-order valence-corrected chi connectivity index (χ4v) is 2.64. The molecule has 1 heteroatoms. The van der Waals surface area contributed by atoms with Gasteiger partial charge in [-0.05, 0) is 38.5 Å². The number of nitrogens with zero attached hydrogens (tertiary/aromatic N) is 1. The lowest BCUT2D eigenvalue weighted by atomic mass is 10.2. The maximum Gasteiger partial charge on any atom is 0.0174 e. The zero-order chi connectivity index (χ0) is 9.64. The molecular weight excluding hydrogens is 170 g/mol. The molecule has 1 aliphatic carbocycles. The topological polar surface area (TPSA) is 3.24 Å². The highest BCUT2D eigenvalue weighted by Gasteiger charge is 2.12. The van der Waals surface area contributed by atoms with E-state index >= 15 is 0 Å². The van der Waals surface area contributed by atoms with E-state index in [9.17, 15) is 0 Å². The third kappa shape index (κ3) is 2.76. The average molecular weight is 193 g/mol. The third-order valence-corrected chi connectivity index (χ3v) is 3.53. The van der Waals surface area contributed by atoms with Gasteiger partial charge in [-0.15, -0.1) is 0 Å². The van der Waals surface area contributed by atoms with Gasteiger partial charge in [-0.25, -0.2) is 0 Å². The molecule has 0 spiro atoms. The summed E-state index contributed by atoms with van der Waals surface area (Å²) in [7, 11) is 0. The summed E-state index contributed by atoms with van der Waals surface area (Å²) in [6.07, 6.45) is 15.2. The minimum absolute atomic E-state index is 1.33. The Hall–Kier alpha value is -0.460. The monoisotopic (exact) mass is 193 g/mol. The predicted octanol–water partition coefficient (Wildman–Crippen LogP) is 3.71. The SMILES string of the molecule is C1=C(N2CCCCCC2)CCCCC1. The lowest BCUT2D eigenvalue weighted by Crippen LogP contribution is -2.23. The van der Waals surface area contributed by atoms with Crippen LogP contribution in [0.15, 0.2) is 11.8 Å². The van der Waals surface area contributed by atoms with Gasteiger partial charge in [-0.2, -0.15) is 0 Å². The largest absolute Gasteiger partial charge is 0.375 e. The van der Waals surface area contributed by atoms with Gasteiger partial charge in [-0.1, -0.05) is 25.3 Å². The van der Waals surface area contributed by atoms with E-state index in [0.717, 1.165) is 0 Å². The van der Waals surface area contributed by atoms with Crippen LogP contribution in [0.4, 0.5) is 0 Å². The maximum atomic E-state index is 2.66. The second-order valence-electron chi connectivity index (χ2n) is 4.70. The van der Waals surface area contributed by atoms with Crippen molar-refractivity contribution in [2.24, 2.45) is 0 Å². The summed E-state index contributed by atoms with van der Waals surface area (Å²) in [6, 6.07) is 0. The molecule has 14 heavy (non-hydrogen) atoms. The first kappa shape index (κ1) is 10.1. The van der Waals surface area contributed by atoms with E-state index in [1.165, 1.54) is 70.9 Å². The zero-order valence-electron chi connectivity index (χ0n) is 9.30. The van der Waals surface area contributed by atoms with Gasteiger partial charge in [0.1, 0.15) is 0 Å². The summed E-state index contributed by atoms with van der Waals surface area (Å²) in [5.74, 6) is 0. The van der Waals surface area contributed by atoms with Gasteiger partial charge in [-0.3, -0.25) is 0 Å². The van der Waals surface area contributed by atoms with Gasteiger partial charge < -0.3 is 4.90 Å². The van der Waals surface area contributed by atoms with E-state index < -0.39 is 0 Å². The van der Waals surface area contributed by atoms with Crippen molar-refractivity contribution in [1.29, 1.82) is 0 Å². The number of likely N-dealkylation sites (tertiary alicyclic amines) is 1. The highest BCUT2D eigenvalue weighted by molar-refractivity contribution is 5.03. The van der Waals surface area contributed by atoms with E-state index in [0.29, 0.717) is 0 Å². The molecule has 0 amide bonds. The summed E-state index contributed by atoms with van der Waals surface area (Å²) in [5, 5.41) is 0. The van der Waals surface area contributed by atoms with E-state index in [1.807, 2.05) is 0 Å². The molecule has 2 aliphatic rings. The Balaban J connectivity index is 1.93. The first-order chi connectivity index (χ1) is 6.97. The number of hydrogen-bond acceptors (Lipinski definition) is 1. The van der Waals surface area contributed by atoms with Crippen LogP contribution in [-0.4, -0.2) is 18.0 Å². The Bertz CT molecular complexity index is 187. The highest BCUT2D eigenvalue weighted by atomic mass is 15.1. The van der Waals surface area contributed by atoms with Crippen molar-refractivity contribution in [1.82, 2.24) is 4.90 Å². The molecule has 1 heterocycles. The van der Waals surface area contributed by atoms with Gasteiger partial charge >= 0.3 is 0 Å². The molecule has 0 aromatic carbocycles. The Morgan fingerprint density at radius 2 is 1.50 bits per heavy atom. The highest BCUT2D eigenvalue weighted by Crippen LogP contribution is 2.23. The summed E-state index contributed by atoms with van der Waals surface area (Å²) in [4.78, 5) is 2.66. The molecule has 1 saturated heterocycles. The second kappa shape index (κ2) is 5.43. The minimum Gasteiger partial charge on any atom is -0.375 e. The fourth-order valence-electron chi connectivity index (χ4n) is 2.64. The summed E-state index contributed by atoms with van der Waals surface area (Å²) >= 11 is 0. The van der Waals surface area contributed by atoms with Crippen molar-refractivity contribution < 1.29 is 0 Å². The van der Waals surface area contributed by atoms with Crippen molar-refractivity contribution in [3.05, 3.63) is 11.8 Å². The molecule has 0 aromatic heterocycles. The first-order valence-electron chi connectivity index (χ1n) is 6.41. The molecule has 0 bridgehead atoms. The Kier molecular flexibility index (Phi) is 3.90. The van der Waals surface area contributed by atoms with Crippen LogP contribution in [0.2, 0.25) is 0 Å². The molecule has 0 unspecified atom stereocenters. The lowest BCUT2D eigenvalue weighted by molar-refractivity contribution is 0.343. The van der Waals surface area contributed by atoms with Crippen molar-refractivity contribution in [2.45, 2.75) is 57.8 Å². The van der Waals surface area contributed by atoms with Gasteiger partial charge in [0.2, 0.25) is 0 Å². The Morgan fingerprint density at radius 3 is 2.29 bits per heavy atom. The van der Waals surface area contributed by atoms with E-state index in [2.05, 4.69) is 11.0 Å². The van der Waals surface area contributed by atoms with E-state index in [4.69, 9.17) is 0 Å². The summed E-state index contributed by atoms with van der Waals surface area (Å²) < 4.78 is 0. The van der Waals surface area contributed by atoms with Crippen LogP contribution in [-0.2, 0) is 0 Å². The first-order valence-corrected chi connectivity index (χ1v) is 6.41. The van der Waals surface area contributed by atoms with Crippen molar-refractivity contribution in [3.8, 4) is 0 Å². The zero-order valence-corrected chi connectivity index (χ0v) is 9.30. The van der Waals surface area contributed by atoms with Crippen molar-refractivity contribution in [2.75, 3.05) is 13.1 Å². The molecule has 80 valence electrons. The molecule has 0 atom stereocenters. The molecule has 1 fully saturated rings. The molecule has 0 saturated carbocycles. The Labute approximate surface area is 88.2 Å². The smallest absolute Gasteiger partial charge is 0.0174 e. The molecule has 1 aliphatic heterocycles. The molecule has 2 rings (SSSR count). The summed E-state index contributed by atoms with van der Waals surface area (Å²) in [6.45, 7) is 2.65.